The topological polar surface area (TPSA) is 81.9 Å². The molecule has 1 N–H and O–H groups in total. The van der Waals surface area contributed by atoms with Crippen molar-refractivity contribution >= 4 is 17.5 Å². The van der Waals surface area contributed by atoms with Gasteiger partial charge < -0.3 is 10.2 Å². The Balaban J connectivity index is 1.71. The van der Waals surface area contributed by atoms with E-state index >= 15 is 0 Å². The molecule has 0 unspecified atom stereocenters. The smallest absolute Gasteiger partial charge is 0.274 e. The van der Waals surface area contributed by atoms with Gasteiger partial charge in [0.1, 0.15) is 5.69 Å². The average molecular weight is 343 g/mol. The van der Waals surface area contributed by atoms with Gasteiger partial charge in [0, 0.05) is 25.5 Å². The first-order valence-electron chi connectivity index (χ1n) is 8.05. The first kappa shape index (κ1) is 17.1. The number of aromatic nitrogens is 2. The SMILES string of the molecule is CN(Cc1ccccc1)c1nccc(C(=O)Nc2ccc(C#N)cc2)n1. The van der Waals surface area contributed by atoms with Crippen LogP contribution in [0, 0.1) is 11.3 Å². The molecule has 128 valence electrons. The van der Waals surface area contributed by atoms with Gasteiger partial charge in [0.05, 0.1) is 11.6 Å². The summed E-state index contributed by atoms with van der Waals surface area (Å²) in [6.45, 7) is 0.640. The van der Waals surface area contributed by atoms with Crippen molar-refractivity contribution in [2.75, 3.05) is 17.3 Å². The monoisotopic (exact) mass is 343 g/mol. The van der Waals surface area contributed by atoms with Gasteiger partial charge in [-0.2, -0.15) is 5.26 Å². The summed E-state index contributed by atoms with van der Waals surface area (Å²) in [5.74, 6) is 0.146. The highest BCUT2D eigenvalue weighted by molar-refractivity contribution is 6.02. The Bertz CT molecular complexity index is 932. The van der Waals surface area contributed by atoms with Gasteiger partial charge in [-0.25, -0.2) is 9.97 Å². The molecule has 1 amide bonds. The zero-order valence-corrected chi connectivity index (χ0v) is 14.3. The second-order valence-corrected chi connectivity index (χ2v) is 5.73. The molecule has 0 aliphatic carbocycles. The van der Waals surface area contributed by atoms with Crippen LogP contribution in [0.5, 0.6) is 0 Å². The summed E-state index contributed by atoms with van der Waals surface area (Å²) in [5.41, 5.74) is 2.55. The van der Waals surface area contributed by atoms with E-state index in [9.17, 15) is 4.79 Å². The van der Waals surface area contributed by atoms with Crippen molar-refractivity contribution in [3.8, 4) is 6.07 Å². The molecule has 0 radical (unpaired) electrons. The number of hydrogen-bond acceptors (Lipinski definition) is 5. The summed E-state index contributed by atoms with van der Waals surface area (Å²) in [6.07, 6.45) is 1.57. The van der Waals surface area contributed by atoms with E-state index in [-0.39, 0.29) is 11.6 Å². The minimum atomic E-state index is -0.327. The van der Waals surface area contributed by atoms with Gasteiger partial charge in [0.2, 0.25) is 5.95 Å². The van der Waals surface area contributed by atoms with E-state index in [1.807, 2.05) is 48.3 Å². The Hall–Kier alpha value is -3.72. The lowest BCUT2D eigenvalue weighted by molar-refractivity contribution is 0.102. The molecule has 0 saturated heterocycles. The molecule has 0 atom stereocenters. The molecule has 3 aromatic rings. The lowest BCUT2D eigenvalue weighted by Crippen LogP contribution is -2.21. The van der Waals surface area contributed by atoms with E-state index in [1.165, 1.54) is 0 Å². The maximum atomic E-state index is 12.4. The van der Waals surface area contributed by atoms with Gasteiger partial charge in [-0.15, -0.1) is 0 Å². The van der Waals surface area contributed by atoms with Crippen LogP contribution in [0.3, 0.4) is 0 Å². The summed E-state index contributed by atoms with van der Waals surface area (Å²) in [4.78, 5) is 22.9. The van der Waals surface area contributed by atoms with Crippen molar-refractivity contribution < 1.29 is 4.79 Å². The second kappa shape index (κ2) is 7.90. The molecule has 1 aromatic heterocycles. The predicted octanol–water partition coefficient (Wildman–Crippen LogP) is 3.24. The van der Waals surface area contributed by atoms with Crippen LogP contribution in [-0.4, -0.2) is 22.9 Å². The third kappa shape index (κ3) is 4.22. The zero-order chi connectivity index (χ0) is 18.4. The number of rotatable bonds is 5. The third-order valence-electron chi connectivity index (χ3n) is 3.75. The third-order valence-corrected chi connectivity index (χ3v) is 3.75. The van der Waals surface area contributed by atoms with Gasteiger partial charge in [0.25, 0.3) is 5.91 Å². The summed E-state index contributed by atoms with van der Waals surface area (Å²) in [6, 6.07) is 20.2. The van der Waals surface area contributed by atoms with Crippen LogP contribution >= 0.6 is 0 Å². The predicted molar refractivity (Wildman–Crippen MR) is 99.7 cm³/mol. The van der Waals surface area contributed by atoms with Crippen molar-refractivity contribution in [1.82, 2.24) is 9.97 Å². The highest BCUT2D eigenvalue weighted by Crippen LogP contribution is 2.13. The lowest BCUT2D eigenvalue weighted by atomic mass is 10.2. The molecule has 2 aromatic carbocycles. The number of anilines is 2. The Labute approximate surface area is 151 Å². The summed E-state index contributed by atoms with van der Waals surface area (Å²) < 4.78 is 0. The highest BCUT2D eigenvalue weighted by Gasteiger charge is 2.12. The van der Waals surface area contributed by atoms with E-state index in [4.69, 9.17) is 5.26 Å². The molecule has 0 aliphatic heterocycles. The number of benzene rings is 2. The van der Waals surface area contributed by atoms with Gasteiger partial charge in [0.15, 0.2) is 0 Å². The maximum Gasteiger partial charge on any atom is 0.274 e. The summed E-state index contributed by atoms with van der Waals surface area (Å²) in [7, 11) is 1.88. The van der Waals surface area contributed by atoms with Crippen LogP contribution in [0.15, 0.2) is 66.9 Å². The van der Waals surface area contributed by atoms with Crippen molar-refractivity contribution in [3.05, 3.63) is 83.7 Å². The Morgan fingerprint density at radius 1 is 1.12 bits per heavy atom. The number of carbonyl (C=O) groups is 1. The minimum absolute atomic E-state index is 0.277. The Morgan fingerprint density at radius 3 is 2.54 bits per heavy atom. The fourth-order valence-corrected chi connectivity index (χ4v) is 2.41. The van der Waals surface area contributed by atoms with Crippen LogP contribution in [0.1, 0.15) is 21.6 Å². The quantitative estimate of drug-likeness (QED) is 0.769. The molecule has 0 spiro atoms. The van der Waals surface area contributed by atoms with Crippen molar-refractivity contribution in [3.63, 3.8) is 0 Å². The Kier molecular flexibility index (Phi) is 5.20. The van der Waals surface area contributed by atoms with E-state index in [2.05, 4.69) is 15.3 Å². The van der Waals surface area contributed by atoms with Gasteiger partial charge >= 0.3 is 0 Å². The molecular weight excluding hydrogens is 326 g/mol. The van der Waals surface area contributed by atoms with E-state index < -0.39 is 0 Å². The molecule has 0 saturated carbocycles. The van der Waals surface area contributed by atoms with Crippen molar-refractivity contribution in [2.45, 2.75) is 6.54 Å². The molecular formula is C20H17N5O. The molecule has 0 aliphatic rings. The average Bonchev–Trinajstić information content (AvgIpc) is 2.69. The second-order valence-electron chi connectivity index (χ2n) is 5.73. The van der Waals surface area contributed by atoms with E-state index in [0.29, 0.717) is 23.7 Å². The standard InChI is InChI=1S/C20H17N5O/c1-25(14-16-5-3-2-4-6-16)20-22-12-11-18(24-20)19(26)23-17-9-7-15(13-21)8-10-17/h2-12H,14H2,1H3,(H,23,26). The summed E-state index contributed by atoms with van der Waals surface area (Å²) in [5, 5.41) is 11.6. The molecule has 6 nitrogen and oxygen atoms in total. The van der Waals surface area contributed by atoms with Crippen LogP contribution in [-0.2, 0) is 6.54 Å². The highest BCUT2D eigenvalue weighted by atomic mass is 16.1. The van der Waals surface area contributed by atoms with Gasteiger partial charge in [-0.1, -0.05) is 30.3 Å². The zero-order valence-electron chi connectivity index (χ0n) is 14.3. The number of amides is 1. The van der Waals surface area contributed by atoms with E-state index in [0.717, 1.165) is 5.56 Å². The van der Waals surface area contributed by atoms with Crippen LogP contribution in [0.2, 0.25) is 0 Å². The van der Waals surface area contributed by atoms with Crippen molar-refractivity contribution in [2.24, 2.45) is 0 Å². The first-order chi connectivity index (χ1) is 12.7. The number of carbonyl (C=O) groups excluding carboxylic acids is 1. The molecule has 0 bridgehead atoms. The molecule has 26 heavy (non-hydrogen) atoms. The number of nitrogens with zero attached hydrogens (tertiary/aromatic N) is 4. The van der Waals surface area contributed by atoms with Gasteiger partial charge in [-0.3, -0.25) is 4.79 Å². The van der Waals surface area contributed by atoms with Crippen LogP contribution in [0.4, 0.5) is 11.6 Å². The maximum absolute atomic E-state index is 12.4. The lowest BCUT2D eigenvalue weighted by Gasteiger charge is -2.17. The van der Waals surface area contributed by atoms with E-state index in [1.54, 1.807) is 36.5 Å². The van der Waals surface area contributed by atoms with Crippen LogP contribution in [0.25, 0.3) is 0 Å². The fraction of sp³-hybridized carbons (Fsp3) is 0.100. The molecule has 1 heterocycles. The molecule has 0 fully saturated rings. The number of hydrogen-bond donors (Lipinski definition) is 1. The van der Waals surface area contributed by atoms with Crippen molar-refractivity contribution in [1.29, 1.82) is 5.26 Å². The fourth-order valence-electron chi connectivity index (χ4n) is 2.41. The Morgan fingerprint density at radius 2 is 1.85 bits per heavy atom. The molecule has 3 rings (SSSR count). The minimum Gasteiger partial charge on any atom is -0.340 e. The van der Waals surface area contributed by atoms with Crippen LogP contribution < -0.4 is 10.2 Å². The largest absolute Gasteiger partial charge is 0.340 e. The number of nitriles is 1. The summed E-state index contributed by atoms with van der Waals surface area (Å²) >= 11 is 0. The first-order valence-corrected chi connectivity index (χ1v) is 8.05. The van der Waals surface area contributed by atoms with Gasteiger partial charge in [-0.05, 0) is 35.9 Å². The molecule has 6 heteroatoms. The normalized spacial score (nSPS) is 10.0. The number of nitrogens with one attached hydrogen (secondary N) is 1.